The minimum atomic E-state index is -0.257. The third kappa shape index (κ3) is 4.01. The number of hydrogen-bond acceptors (Lipinski definition) is 2. The van der Waals surface area contributed by atoms with Crippen LogP contribution in [0.4, 0.5) is 4.39 Å². The molecule has 5 heteroatoms. The van der Waals surface area contributed by atoms with Gasteiger partial charge in [-0.05, 0) is 40.4 Å². The van der Waals surface area contributed by atoms with E-state index in [2.05, 4.69) is 21.2 Å². The van der Waals surface area contributed by atoms with Gasteiger partial charge in [0.2, 0.25) is 5.91 Å². The van der Waals surface area contributed by atoms with Crippen LogP contribution in [0.1, 0.15) is 24.8 Å². The Labute approximate surface area is 121 Å². The fraction of sp³-hybridized carbons (Fsp3) is 0.500. The Balaban J connectivity index is 1.71. The summed E-state index contributed by atoms with van der Waals surface area (Å²) in [6.07, 6.45) is 2.75. The average Bonchev–Trinajstić information content (AvgIpc) is 2.93. The standard InChI is InChI=1S/C14H18BrFN2O/c15-14-11(4-3-5-12(14)16)10-17-7-6-13(19)18-8-1-2-9-18/h3-5,17H,1-2,6-10H2. The first-order valence-electron chi connectivity index (χ1n) is 6.60. The van der Waals surface area contributed by atoms with Gasteiger partial charge < -0.3 is 10.2 Å². The smallest absolute Gasteiger partial charge is 0.223 e. The van der Waals surface area contributed by atoms with Gasteiger partial charge in [0.1, 0.15) is 5.82 Å². The molecule has 0 aromatic heterocycles. The van der Waals surface area contributed by atoms with Crippen molar-refractivity contribution in [1.29, 1.82) is 0 Å². The summed E-state index contributed by atoms with van der Waals surface area (Å²) in [4.78, 5) is 13.7. The van der Waals surface area contributed by atoms with Crippen LogP contribution in [0, 0.1) is 5.82 Å². The second-order valence-corrected chi connectivity index (χ2v) is 5.52. The number of benzene rings is 1. The summed E-state index contributed by atoms with van der Waals surface area (Å²) >= 11 is 3.22. The molecule has 1 saturated heterocycles. The Morgan fingerprint density at radius 1 is 1.37 bits per heavy atom. The summed E-state index contributed by atoms with van der Waals surface area (Å²) in [5.74, 6) is -0.0456. The average molecular weight is 329 g/mol. The van der Waals surface area contributed by atoms with Crippen molar-refractivity contribution < 1.29 is 9.18 Å². The third-order valence-electron chi connectivity index (χ3n) is 3.32. The van der Waals surface area contributed by atoms with E-state index >= 15 is 0 Å². The van der Waals surface area contributed by atoms with E-state index in [0.717, 1.165) is 31.5 Å². The van der Waals surface area contributed by atoms with E-state index in [1.807, 2.05) is 11.0 Å². The number of carbonyl (C=O) groups is 1. The normalized spacial score (nSPS) is 14.9. The zero-order chi connectivity index (χ0) is 13.7. The van der Waals surface area contributed by atoms with Gasteiger partial charge in [-0.1, -0.05) is 12.1 Å². The van der Waals surface area contributed by atoms with Crippen LogP contribution in [0.5, 0.6) is 0 Å². The molecule has 0 radical (unpaired) electrons. The number of nitrogens with one attached hydrogen (secondary N) is 1. The van der Waals surface area contributed by atoms with E-state index < -0.39 is 0 Å². The fourth-order valence-electron chi connectivity index (χ4n) is 2.23. The van der Waals surface area contributed by atoms with Crippen LogP contribution in [-0.4, -0.2) is 30.4 Å². The highest BCUT2D eigenvalue weighted by molar-refractivity contribution is 9.10. The quantitative estimate of drug-likeness (QED) is 0.843. The SMILES string of the molecule is O=C(CCNCc1cccc(F)c1Br)N1CCCC1. The lowest BCUT2D eigenvalue weighted by Gasteiger charge is -2.15. The van der Waals surface area contributed by atoms with Crippen LogP contribution in [0.3, 0.4) is 0 Å². The first-order valence-corrected chi connectivity index (χ1v) is 7.39. The molecule has 0 bridgehead atoms. The summed E-state index contributed by atoms with van der Waals surface area (Å²) in [5.41, 5.74) is 0.869. The van der Waals surface area contributed by atoms with Gasteiger partial charge in [0.15, 0.2) is 0 Å². The lowest BCUT2D eigenvalue weighted by molar-refractivity contribution is -0.130. The van der Waals surface area contributed by atoms with E-state index in [0.29, 0.717) is 24.0 Å². The van der Waals surface area contributed by atoms with Crippen molar-refractivity contribution in [2.75, 3.05) is 19.6 Å². The van der Waals surface area contributed by atoms with Crippen molar-refractivity contribution in [3.05, 3.63) is 34.1 Å². The molecule has 1 fully saturated rings. The summed E-state index contributed by atoms with van der Waals surface area (Å²) in [7, 11) is 0. The molecule has 1 amide bonds. The number of amides is 1. The highest BCUT2D eigenvalue weighted by Gasteiger charge is 2.16. The van der Waals surface area contributed by atoms with Gasteiger partial charge in [0, 0.05) is 32.6 Å². The van der Waals surface area contributed by atoms with E-state index in [1.165, 1.54) is 6.07 Å². The molecule has 1 aromatic rings. The van der Waals surface area contributed by atoms with Gasteiger partial charge in [-0.15, -0.1) is 0 Å². The predicted molar refractivity (Wildman–Crippen MR) is 76.2 cm³/mol. The van der Waals surface area contributed by atoms with Gasteiger partial charge in [-0.2, -0.15) is 0 Å². The van der Waals surface area contributed by atoms with Crippen LogP contribution in [0.25, 0.3) is 0 Å². The van der Waals surface area contributed by atoms with E-state index in [1.54, 1.807) is 6.07 Å². The Morgan fingerprint density at radius 2 is 2.11 bits per heavy atom. The monoisotopic (exact) mass is 328 g/mol. The molecule has 104 valence electrons. The molecule has 1 heterocycles. The van der Waals surface area contributed by atoms with Gasteiger partial charge >= 0.3 is 0 Å². The first-order chi connectivity index (χ1) is 9.18. The molecule has 3 nitrogen and oxygen atoms in total. The lowest BCUT2D eigenvalue weighted by Crippen LogP contribution is -2.30. The van der Waals surface area contributed by atoms with Crippen molar-refractivity contribution in [2.45, 2.75) is 25.8 Å². The van der Waals surface area contributed by atoms with Crippen molar-refractivity contribution in [1.82, 2.24) is 10.2 Å². The van der Waals surface area contributed by atoms with Crippen molar-refractivity contribution in [3.63, 3.8) is 0 Å². The summed E-state index contributed by atoms with van der Waals surface area (Å²) in [6.45, 7) is 2.98. The number of hydrogen-bond donors (Lipinski definition) is 1. The van der Waals surface area contributed by atoms with Crippen LogP contribution in [0.2, 0.25) is 0 Å². The van der Waals surface area contributed by atoms with E-state index in [9.17, 15) is 9.18 Å². The Hall–Kier alpha value is -0.940. The zero-order valence-corrected chi connectivity index (χ0v) is 12.4. The number of likely N-dealkylation sites (tertiary alicyclic amines) is 1. The highest BCUT2D eigenvalue weighted by atomic mass is 79.9. The number of halogens is 2. The molecule has 1 aliphatic rings. The van der Waals surface area contributed by atoms with Gasteiger partial charge in [0.05, 0.1) is 4.47 Å². The van der Waals surface area contributed by atoms with Crippen LogP contribution >= 0.6 is 15.9 Å². The number of carbonyl (C=O) groups excluding carboxylic acids is 1. The molecular formula is C14H18BrFN2O. The molecule has 0 unspecified atom stereocenters. The largest absolute Gasteiger partial charge is 0.343 e. The van der Waals surface area contributed by atoms with Crippen molar-refractivity contribution in [2.24, 2.45) is 0 Å². The van der Waals surface area contributed by atoms with Crippen LogP contribution in [0.15, 0.2) is 22.7 Å². The molecule has 0 atom stereocenters. The molecule has 19 heavy (non-hydrogen) atoms. The van der Waals surface area contributed by atoms with Crippen molar-refractivity contribution >= 4 is 21.8 Å². The first kappa shape index (κ1) is 14.5. The topological polar surface area (TPSA) is 32.3 Å². The minimum Gasteiger partial charge on any atom is -0.343 e. The van der Waals surface area contributed by atoms with Gasteiger partial charge in [-0.25, -0.2) is 4.39 Å². The summed E-state index contributed by atoms with van der Waals surface area (Å²) < 4.78 is 13.8. The Kier molecular flexibility index (Phi) is 5.34. The molecular weight excluding hydrogens is 311 g/mol. The number of rotatable bonds is 5. The second-order valence-electron chi connectivity index (χ2n) is 4.73. The molecule has 1 aromatic carbocycles. The molecule has 0 aliphatic carbocycles. The maximum Gasteiger partial charge on any atom is 0.223 e. The highest BCUT2D eigenvalue weighted by Crippen LogP contribution is 2.20. The second kappa shape index (κ2) is 7.01. The minimum absolute atomic E-state index is 0.211. The van der Waals surface area contributed by atoms with Crippen molar-refractivity contribution in [3.8, 4) is 0 Å². The molecule has 1 aliphatic heterocycles. The Bertz CT molecular complexity index is 447. The zero-order valence-electron chi connectivity index (χ0n) is 10.8. The maximum absolute atomic E-state index is 13.3. The molecule has 0 saturated carbocycles. The lowest BCUT2D eigenvalue weighted by atomic mass is 10.2. The summed E-state index contributed by atoms with van der Waals surface area (Å²) in [6, 6.07) is 4.97. The number of nitrogens with zero attached hydrogens (tertiary/aromatic N) is 1. The van der Waals surface area contributed by atoms with Gasteiger partial charge in [0.25, 0.3) is 0 Å². The molecule has 2 rings (SSSR count). The predicted octanol–water partition coefficient (Wildman–Crippen LogP) is 2.69. The van der Waals surface area contributed by atoms with E-state index in [4.69, 9.17) is 0 Å². The summed E-state index contributed by atoms with van der Waals surface area (Å²) in [5, 5.41) is 3.18. The van der Waals surface area contributed by atoms with Crippen LogP contribution in [-0.2, 0) is 11.3 Å². The Morgan fingerprint density at radius 3 is 2.84 bits per heavy atom. The van der Waals surface area contributed by atoms with Crippen LogP contribution < -0.4 is 5.32 Å². The molecule has 0 spiro atoms. The maximum atomic E-state index is 13.3. The molecule has 1 N–H and O–H groups in total. The third-order valence-corrected chi connectivity index (χ3v) is 4.21. The van der Waals surface area contributed by atoms with Gasteiger partial charge in [-0.3, -0.25) is 4.79 Å². The fourth-order valence-corrected chi connectivity index (χ4v) is 2.63. The van der Waals surface area contributed by atoms with E-state index in [-0.39, 0.29) is 11.7 Å².